The Kier molecular flexibility index (Phi) is 10.2. The lowest BCUT2D eigenvalue weighted by molar-refractivity contribution is -0.143. The number of amides is 2. The number of benzene rings is 3. The van der Waals surface area contributed by atoms with E-state index in [-0.39, 0.29) is 24.5 Å². The van der Waals surface area contributed by atoms with E-state index < -0.39 is 0 Å². The number of unbranched alkanes of at least 4 members (excludes halogenated alkanes) is 1. The Labute approximate surface area is 255 Å². The molecule has 1 unspecified atom stereocenters. The standard InChI is InChI=1S/C32H34ClN5O3S/c1-24-22-36(19-20-37(24)30(40)23-41-28-17-15-26(33)16-18-28)29(39)14-8-9-21-42-32-35-34-31(25-10-4-2-5-11-25)38(32)27-12-6-3-7-13-27/h2-7,10-13,15-18,24H,8-9,14,19-23H2,1H3. The highest BCUT2D eigenvalue weighted by molar-refractivity contribution is 7.99. The lowest BCUT2D eigenvalue weighted by Gasteiger charge is -2.40. The van der Waals surface area contributed by atoms with Crippen LogP contribution in [-0.2, 0) is 9.59 Å². The molecule has 1 aliphatic heterocycles. The number of thioether (sulfide) groups is 1. The van der Waals surface area contributed by atoms with Gasteiger partial charge in [-0.1, -0.05) is 71.9 Å². The van der Waals surface area contributed by atoms with Crippen LogP contribution in [0.5, 0.6) is 5.75 Å². The Morgan fingerprint density at radius 3 is 2.33 bits per heavy atom. The van der Waals surface area contributed by atoms with Gasteiger partial charge in [0.05, 0.1) is 0 Å². The number of hydrogen-bond donors (Lipinski definition) is 0. The molecule has 2 amide bonds. The number of carbonyl (C=O) groups excluding carboxylic acids is 2. The van der Waals surface area contributed by atoms with Gasteiger partial charge < -0.3 is 14.5 Å². The van der Waals surface area contributed by atoms with Gasteiger partial charge in [-0.3, -0.25) is 14.2 Å². The molecule has 0 spiro atoms. The van der Waals surface area contributed by atoms with Gasteiger partial charge in [0.2, 0.25) is 5.91 Å². The van der Waals surface area contributed by atoms with Gasteiger partial charge in [0.15, 0.2) is 17.6 Å². The molecule has 4 aromatic rings. The summed E-state index contributed by atoms with van der Waals surface area (Å²) in [6.45, 7) is 3.51. The summed E-state index contributed by atoms with van der Waals surface area (Å²) in [6.07, 6.45) is 2.16. The molecular weight excluding hydrogens is 570 g/mol. The molecule has 42 heavy (non-hydrogen) atoms. The van der Waals surface area contributed by atoms with Crippen LogP contribution >= 0.6 is 23.4 Å². The van der Waals surface area contributed by atoms with E-state index in [2.05, 4.69) is 26.9 Å². The van der Waals surface area contributed by atoms with Gasteiger partial charge in [-0.15, -0.1) is 10.2 Å². The first-order valence-electron chi connectivity index (χ1n) is 14.1. The van der Waals surface area contributed by atoms with Crippen LogP contribution in [0.4, 0.5) is 0 Å². The summed E-state index contributed by atoms with van der Waals surface area (Å²) in [5.74, 6) is 2.29. The fourth-order valence-electron chi connectivity index (χ4n) is 4.96. The van der Waals surface area contributed by atoms with Crippen LogP contribution in [0.3, 0.4) is 0 Å². The van der Waals surface area contributed by atoms with Gasteiger partial charge in [0, 0.05) is 54.1 Å². The fraction of sp³-hybridized carbons (Fsp3) is 0.312. The Balaban J connectivity index is 1.07. The predicted molar refractivity (Wildman–Crippen MR) is 166 cm³/mol. The summed E-state index contributed by atoms with van der Waals surface area (Å²) < 4.78 is 7.71. The zero-order valence-corrected chi connectivity index (χ0v) is 25.1. The van der Waals surface area contributed by atoms with E-state index in [1.807, 2.05) is 60.4 Å². The molecule has 8 nitrogen and oxygen atoms in total. The molecule has 10 heteroatoms. The van der Waals surface area contributed by atoms with Crippen LogP contribution in [-0.4, -0.2) is 74.4 Å². The van der Waals surface area contributed by atoms with Crippen LogP contribution in [0, 0.1) is 0 Å². The maximum atomic E-state index is 12.9. The number of halogens is 1. The molecule has 1 saturated heterocycles. The minimum absolute atomic E-state index is 0.0392. The normalized spacial score (nSPS) is 15.0. The molecule has 5 rings (SSSR count). The summed E-state index contributed by atoms with van der Waals surface area (Å²) >= 11 is 7.56. The van der Waals surface area contributed by atoms with E-state index in [0.29, 0.717) is 36.8 Å². The van der Waals surface area contributed by atoms with Crippen LogP contribution in [0.25, 0.3) is 17.1 Å². The van der Waals surface area contributed by atoms with E-state index in [1.165, 1.54) is 0 Å². The molecule has 0 N–H and O–H groups in total. The predicted octanol–water partition coefficient (Wildman–Crippen LogP) is 5.99. The third kappa shape index (κ3) is 7.52. The maximum Gasteiger partial charge on any atom is 0.260 e. The Morgan fingerprint density at radius 2 is 1.62 bits per heavy atom. The van der Waals surface area contributed by atoms with Gasteiger partial charge >= 0.3 is 0 Å². The average molecular weight is 604 g/mol. The van der Waals surface area contributed by atoms with Crippen LogP contribution in [0.15, 0.2) is 90.1 Å². The monoisotopic (exact) mass is 603 g/mol. The van der Waals surface area contributed by atoms with Crippen molar-refractivity contribution in [2.75, 3.05) is 32.0 Å². The van der Waals surface area contributed by atoms with E-state index in [1.54, 1.807) is 40.9 Å². The maximum absolute atomic E-state index is 12.9. The van der Waals surface area contributed by atoms with E-state index in [9.17, 15) is 9.59 Å². The molecule has 0 aliphatic carbocycles. The molecule has 3 aromatic carbocycles. The average Bonchev–Trinajstić information content (AvgIpc) is 3.45. The molecule has 1 aromatic heterocycles. The summed E-state index contributed by atoms with van der Waals surface area (Å²) in [7, 11) is 0. The minimum atomic E-state index is -0.0830. The summed E-state index contributed by atoms with van der Waals surface area (Å²) in [5, 5.41) is 10.4. The highest BCUT2D eigenvalue weighted by Gasteiger charge is 2.29. The second kappa shape index (κ2) is 14.4. The first kappa shape index (κ1) is 29.7. The van der Waals surface area contributed by atoms with E-state index in [0.717, 1.165) is 40.8 Å². The van der Waals surface area contributed by atoms with Crippen molar-refractivity contribution in [3.8, 4) is 22.8 Å². The number of aromatic nitrogens is 3. The number of nitrogens with zero attached hydrogens (tertiary/aromatic N) is 5. The van der Waals surface area contributed by atoms with Gasteiger partial charge in [0.1, 0.15) is 5.75 Å². The molecule has 218 valence electrons. The number of hydrogen-bond acceptors (Lipinski definition) is 6. The van der Waals surface area contributed by atoms with E-state index >= 15 is 0 Å². The van der Waals surface area contributed by atoms with E-state index in [4.69, 9.17) is 16.3 Å². The highest BCUT2D eigenvalue weighted by Crippen LogP contribution is 2.28. The van der Waals surface area contributed by atoms with Crippen molar-refractivity contribution in [1.82, 2.24) is 24.6 Å². The number of para-hydroxylation sites is 1. The van der Waals surface area contributed by atoms with Gasteiger partial charge in [-0.2, -0.15) is 0 Å². The van der Waals surface area contributed by atoms with Crippen LogP contribution in [0.1, 0.15) is 26.2 Å². The molecule has 0 saturated carbocycles. The van der Waals surface area contributed by atoms with Crippen molar-refractivity contribution in [3.05, 3.63) is 90.0 Å². The molecule has 1 aliphatic rings. The van der Waals surface area contributed by atoms with Crippen molar-refractivity contribution in [1.29, 1.82) is 0 Å². The molecule has 1 atom stereocenters. The summed E-state index contributed by atoms with van der Waals surface area (Å²) in [5.41, 5.74) is 2.03. The van der Waals surface area contributed by atoms with Crippen LogP contribution in [0.2, 0.25) is 5.02 Å². The van der Waals surface area contributed by atoms with Crippen molar-refractivity contribution in [2.45, 2.75) is 37.4 Å². The molecule has 0 radical (unpaired) electrons. The summed E-state index contributed by atoms with van der Waals surface area (Å²) in [4.78, 5) is 29.4. The number of carbonyl (C=O) groups is 2. The summed E-state index contributed by atoms with van der Waals surface area (Å²) in [6, 6.07) is 27.1. The second-order valence-electron chi connectivity index (χ2n) is 10.2. The molecular formula is C32H34ClN5O3S. The van der Waals surface area contributed by atoms with Gasteiger partial charge in [0.25, 0.3) is 5.91 Å². The number of rotatable bonds is 11. The highest BCUT2D eigenvalue weighted by atomic mass is 35.5. The number of piperazine rings is 1. The second-order valence-corrected chi connectivity index (χ2v) is 11.7. The zero-order chi connectivity index (χ0) is 29.3. The Bertz CT molecular complexity index is 1470. The quantitative estimate of drug-likeness (QED) is 0.155. The fourth-order valence-corrected chi connectivity index (χ4v) is 6.04. The van der Waals surface area contributed by atoms with Crippen molar-refractivity contribution in [2.24, 2.45) is 0 Å². The molecule has 2 heterocycles. The third-order valence-electron chi connectivity index (χ3n) is 7.17. The first-order chi connectivity index (χ1) is 20.5. The van der Waals surface area contributed by atoms with Crippen molar-refractivity contribution < 1.29 is 14.3 Å². The smallest absolute Gasteiger partial charge is 0.260 e. The van der Waals surface area contributed by atoms with Crippen LogP contribution < -0.4 is 4.74 Å². The topological polar surface area (TPSA) is 80.6 Å². The first-order valence-corrected chi connectivity index (χ1v) is 15.5. The largest absolute Gasteiger partial charge is 0.484 e. The SMILES string of the molecule is CC1CN(C(=O)CCCCSc2nnc(-c3ccccc3)n2-c2ccccc2)CCN1C(=O)COc1ccc(Cl)cc1. The zero-order valence-electron chi connectivity index (χ0n) is 23.6. The molecule has 1 fully saturated rings. The minimum Gasteiger partial charge on any atom is -0.484 e. The Morgan fingerprint density at radius 1 is 0.905 bits per heavy atom. The Hall–Kier alpha value is -3.82. The number of ether oxygens (including phenoxy) is 1. The lowest BCUT2D eigenvalue weighted by atomic mass is 10.1. The van der Waals surface area contributed by atoms with Crippen molar-refractivity contribution >= 4 is 35.2 Å². The third-order valence-corrected chi connectivity index (χ3v) is 8.44. The van der Waals surface area contributed by atoms with Gasteiger partial charge in [-0.25, -0.2) is 0 Å². The van der Waals surface area contributed by atoms with Gasteiger partial charge in [-0.05, 0) is 56.2 Å². The lowest BCUT2D eigenvalue weighted by Crippen LogP contribution is -2.56. The molecule has 0 bridgehead atoms. The van der Waals surface area contributed by atoms with Crippen molar-refractivity contribution in [3.63, 3.8) is 0 Å².